The molecule has 9 nitrogen and oxygen atoms in total. The van der Waals surface area contributed by atoms with E-state index in [0.29, 0.717) is 65.5 Å². The maximum atomic E-state index is 13.2. The zero-order valence-electron chi connectivity index (χ0n) is 20.0. The molecule has 2 amide bonds. The van der Waals surface area contributed by atoms with Crippen molar-refractivity contribution in [2.45, 2.75) is 18.2 Å². The van der Waals surface area contributed by atoms with Crippen molar-refractivity contribution >= 4 is 44.5 Å². The number of sulfonamides is 1. The molecule has 1 saturated heterocycles. The number of nitrogens with zero attached hydrogens (tertiary/aromatic N) is 3. The van der Waals surface area contributed by atoms with Crippen molar-refractivity contribution in [3.05, 3.63) is 59.1 Å². The van der Waals surface area contributed by atoms with Gasteiger partial charge in [-0.15, -0.1) is 0 Å². The molecule has 0 saturated carbocycles. The number of hydrogen-bond donors (Lipinski definition) is 1. The second-order valence-corrected chi connectivity index (χ2v) is 10.6. The Bertz CT molecular complexity index is 1390. The molecule has 1 aliphatic heterocycles. The number of carbonyl (C=O) groups excluding carboxylic acids is 2. The number of piperazine rings is 1. The summed E-state index contributed by atoms with van der Waals surface area (Å²) in [6.45, 7) is 3.96. The van der Waals surface area contributed by atoms with Crippen molar-refractivity contribution in [1.29, 1.82) is 0 Å². The minimum atomic E-state index is -3.55. The van der Waals surface area contributed by atoms with Crippen LogP contribution in [0.25, 0.3) is 22.2 Å². The van der Waals surface area contributed by atoms with Crippen LogP contribution in [0.3, 0.4) is 0 Å². The van der Waals surface area contributed by atoms with Gasteiger partial charge in [0.2, 0.25) is 10.0 Å². The topological polar surface area (TPSA) is 109 Å². The van der Waals surface area contributed by atoms with Gasteiger partial charge < -0.3 is 14.5 Å². The Morgan fingerprint density at radius 1 is 1.03 bits per heavy atom. The molecule has 1 N–H and O–H groups in total. The van der Waals surface area contributed by atoms with Crippen LogP contribution in [0.1, 0.15) is 23.7 Å². The van der Waals surface area contributed by atoms with Gasteiger partial charge >= 0.3 is 6.09 Å². The first-order valence-electron chi connectivity index (χ1n) is 11.6. The van der Waals surface area contributed by atoms with Gasteiger partial charge in [-0.2, -0.15) is 0 Å². The molecule has 2 heterocycles. The number of ether oxygens (including phenoxy) is 1. The smallest absolute Gasteiger partial charge is 0.409 e. The number of rotatable bonds is 6. The molecule has 0 unspecified atom stereocenters. The Hall–Kier alpha value is -3.21. The molecule has 1 aliphatic rings. The molecule has 0 aliphatic carbocycles. The summed E-state index contributed by atoms with van der Waals surface area (Å²) in [5.74, 6) is -0.150. The highest BCUT2D eigenvalue weighted by Gasteiger charge is 2.26. The molecule has 0 atom stereocenters. The van der Waals surface area contributed by atoms with E-state index in [-0.39, 0.29) is 16.9 Å². The largest absolute Gasteiger partial charge is 0.449 e. The van der Waals surface area contributed by atoms with Gasteiger partial charge in [-0.05, 0) is 43.8 Å². The monoisotopic (exact) mass is 530 g/mol. The molecule has 0 bridgehead atoms. The van der Waals surface area contributed by atoms with Crippen LogP contribution in [-0.2, 0) is 14.8 Å². The Morgan fingerprint density at radius 3 is 2.33 bits per heavy atom. The van der Waals surface area contributed by atoms with Gasteiger partial charge in [0.25, 0.3) is 5.91 Å². The van der Waals surface area contributed by atoms with E-state index in [1.807, 2.05) is 6.92 Å². The van der Waals surface area contributed by atoms with Gasteiger partial charge in [-0.1, -0.05) is 36.7 Å². The molecular weight excluding hydrogens is 504 g/mol. The summed E-state index contributed by atoms with van der Waals surface area (Å²) in [6.07, 6.45) is 0.410. The highest BCUT2D eigenvalue weighted by molar-refractivity contribution is 7.89. The Kier molecular flexibility index (Phi) is 7.77. The highest BCUT2D eigenvalue weighted by Crippen LogP contribution is 2.29. The zero-order valence-corrected chi connectivity index (χ0v) is 21.6. The van der Waals surface area contributed by atoms with E-state index in [1.54, 1.807) is 46.2 Å². The summed E-state index contributed by atoms with van der Waals surface area (Å²) in [7, 11) is -2.19. The molecule has 36 heavy (non-hydrogen) atoms. The van der Waals surface area contributed by atoms with E-state index < -0.39 is 10.0 Å². The maximum absolute atomic E-state index is 13.2. The van der Waals surface area contributed by atoms with Crippen LogP contribution in [0.2, 0.25) is 5.02 Å². The second-order valence-electron chi connectivity index (χ2n) is 8.35. The summed E-state index contributed by atoms with van der Waals surface area (Å²) in [5, 5.41) is 1.18. The molecule has 0 spiro atoms. The summed E-state index contributed by atoms with van der Waals surface area (Å²) in [5.41, 5.74) is 2.28. The molecule has 190 valence electrons. The number of benzene rings is 2. The Labute approximate surface area is 215 Å². The standard InChI is InChI=1S/C25H27ClN4O5S/c1-3-14-35-25(32)30-12-10-29(11-13-30)24(31)18-6-9-20-21(26)16-22(28-23(20)15-18)17-4-7-19(8-5-17)36(33,34)27-2/h4-9,15-16,27H,3,10-14H2,1-2H3. The minimum absolute atomic E-state index is 0.146. The normalized spacial score (nSPS) is 14.2. The fourth-order valence-electron chi connectivity index (χ4n) is 3.94. The molecule has 4 rings (SSSR count). The van der Waals surface area contributed by atoms with Gasteiger partial charge in [0, 0.05) is 42.7 Å². The molecule has 1 fully saturated rings. The second kappa shape index (κ2) is 10.8. The van der Waals surface area contributed by atoms with Crippen LogP contribution in [0.15, 0.2) is 53.4 Å². The van der Waals surface area contributed by atoms with E-state index >= 15 is 0 Å². The quantitative estimate of drug-likeness (QED) is 0.519. The van der Waals surface area contributed by atoms with E-state index in [0.717, 1.165) is 6.42 Å². The van der Waals surface area contributed by atoms with Crippen molar-refractivity contribution in [2.24, 2.45) is 0 Å². The summed E-state index contributed by atoms with van der Waals surface area (Å²) < 4.78 is 31.4. The van der Waals surface area contributed by atoms with Crippen molar-refractivity contribution < 1.29 is 22.7 Å². The molecule has 0 radical (unpaired) electrons. The van der Waals surface area contributed by atoms with Gasteiger partial charge in [0.05, 0.1) is 27.7 Å². The fraction of sp³-hybridized carbons (Fsp3) is 0.320. The van der Waals surface area contributed by atoms with Crippen LogP contribution in [0.5, 0.6) is 0 Å². The van der Waals surface area contributed by atoms with Crippen LogP contribution in [0.4, 0.5) is 4.79 Å². The first-order chi connectivity index (χ1) is 17.2. The van der Waals surface area contributed by atoms with Gasteiger partial charge in [-0.25, -0.2) is 22.9 Å². The van der Waals surface area contributed by atoms with E-state index in [9.17, 15) is 18.0 Å². The van der Waals surface area contributed by atoms with E-state index in [2.05, 4.69) is 9.71 Å². The average Bonchev–Trinajstić information content (AvgIpc) is 2.91. The summed E-state index contributed by atoms with van der Waals surface area (Å²) in [6, 6.07) is 13.2. The predicted molar refractivity (Wildman–Crippen MR) is 138 cm³/mol. The lowest BCUT2D eigenvalue weighted by molar-refractivity contribution is 0.0560. The Balaban J connectivity index is 1.54. The number of fused-ring (bicyclic) bond motifs is 1. The third-order valence-corrected chi connectivity index (χ3v) is 7.73. The first-order valence-corrected chi connectivity index (χ1v) is 13.4. The van der Waals surface area contributed by atoms with Crippen molar-refractivity contribution in [3.8, 4) is 11.3 Å². The summed E-state index contributed by atoms with van der Waals surface area (Å²) >= 11 is 6.51. The SMILES string of the molecule is CCCOC(=O)N1CCN(C(=O)c2ccc3c(Cl)cc(-c4ccc(S(=O)(=O)NC)cc4)nc3c2)CC1. The van der Waals surface area contributed by atoms with E-state index in [4.69, 9.17) is 16.3 Å². The third-order valence-electron chi connectivity index (χ3n) is 5.99. The number of nitrogens with one attached hydrogen (secondary N) is 1. The van der Waals surface area contributed by atoms with Crippen molar-refractivity contribution in [2.75, 3.05) is 39.8 Å². The third kappa shape index (κ3) is 5.45. The highest BCUT2D eigenvalue weighted by atomic mass is 35.5. The lowest BCUT2D eigenvalue weighted by Crippen LogP contribution is -2.50. The number of amides is 2. The van der Waals surface area contributed by atoms with Crippen LogP contribution >= 0.6 is 11.6 Å². The minimum Gasteiger partial charge on any atom is -0.449 e. The molecule has 11 heteroatoms. The maximum Gasteiger partial charge on any atom is 0.409 e. The number of hydrogen-bond acceptors (Lipinski definition) is 6. The number of pyridine rings is 1. The molecule has 3 aromatic rings. The molecular formula is C25H27ClN4O5S. The van der Waals surface area contributed by atoms with Gasteiger partial charge in [0.1, 0.15) is 0 Å². The van der Waals surface area contributed by atoms with Crippen LogP contribution in [0, 0.1) is 0 Å². The van der Waals surface area contributed by atoms with Crippen molar-refractivity contribution in [1.82, 2.24) is 19.5 Å². The van der Waals surface area contributed by atoms with Crippen LogP contribution < -0.4 is 4.72 Å². The fourth-order valence-corrected chi connectivity index (χ4v) is 4.94. The van der Waals surface area contributed by atoms with Gasteiger partial charge in [0.15, 0.2) is 0 Å². The lowest BCUT2D eigenvalue weighted by atomic mass is 10.1. The number of halogens is 1. The zero-order chi connectivity index (χ0) is 25.9. The average molecular weight is 531 g/mol. The first kappa shape index (κ1) is 25.9. The van der Waals surface area contributed by atoms with E-state index in [1.165, 1.54) is 19.2 Å². The number of aromatic nitrogens is 1. The lowest BCUT2D eigenvalue weighted by Gasteiger charge is -2.34. The predicted octanol–water partition coefficient (Wildman–Crippen LogP) is 3.77. The van der Waals surface area contributed by atoms with Crippen LogP contribution in [-0.4, -0.2) is 75.0 Å². The van der Waals surface area contributed by atoms with Gasteiger partial charge in [-0.3, -0.25) is 4.79 Å². The number of carbonyl (C=O) groups is 2. The molecule has 1 aromatic heterocycles. The Morgan fingerprint density at radius 2 is 1.69 bits per heavy atom. The summed E-state index contributed by atoms with van der Waals surface area (Å²) in [4.78, 5) is 33.4. The molecule has 2 aromatic carbocycles. The van der Waals surface area contributed by atoms with Crippen molar-refractivity contribution in [3.63, 3.8) is 0 Å².